The molecule has 0 unspecified atom stereocenters. The minimum absolute atomic E-state index is 0.00712. The Morgan fingerprint density at radius 3 is 2.24 bits per heavy atom. The van der Waals surface area contributed by atoms with Crippen LogP contribution in [0, 0.1) is 17.6 Å². The SMILES string of the molecule is O=C(OCCOc1ccccc1F)C1CCN(S(=O)(=O)c2ccccc2F)CC1. The molecule has 0 aliphatic carbocycles. The number of esters is 1. The Bertz CT molecular complexity index is 959. The van der Waals surface area contributed by atoms with Crippen LogP contribution in [0.25, 0.3) is 0 Å². The first-order valence-corrected chi connectivity index (χ1v) is 10.6. The number of ether oxygens (including phenoxy) is 2. The third-order valence-electron chi connectivity index (χ3n) is 4.66. The molecule has 0 amide bonds. The van der Waals surface area contributed by atoms with Crippen molar-refractivity contribution in [3.8, 4) is 5.75 Å². The van der Waals surface area contributed by atoms with E-state index in [0.29, 0.717) is 0 Å². The number of hydrogen-bond acceptors (Lipinski definition) is 5. The number of carbonyl (C=O) groups is 1. The molecular weight excluding hydrogens is 404 g/mol. The summed E-state index contributed by atoms with van der Waals surface area (Å²) in [5.41, 5.74) is 0. The fourth-order valence-corrected chi connectivity index (χ4v) is 4.63. The summed E-state index contributed by atoms with van der Waals surface area (Å²) < 4.78 is 64.0. The van der Waals surface area contributed by atoms with Gasteiger partial charge in [-0.3, -0.25) is 4.79 Å². The molecule has 1 fully saturated rings. The van der Waals surface area contributed by atoms with Crippen LogP contribution in [-0.4, -0.2) is 45.0 Å². The van der Waals surface area contributed by atoms with E-state index in [4.69, 9.17) is 9.47 Å². The van der Waals surface area contributed by atoms with Crippen molar-refractivity contribution < 1.29 is 31.5 Å². The van der Waals surface area contributed by atoms with E-state index in [1.807, 2.05) is 0 Å². The predicted octanol–water partition coefficient (Wildman–Crippen LogP) is 2.99. The number of carbonyl (C=O) groups excluding carboxylic acids is 1. The minimum Gasteiger partial charge on any atom is -0.487 e. The molecule has 9 heteroatoms. The summed E-state index contributed by atoms with van der Waals surface area (Å²) in [5.74, 6) is -2.12. The van der Waals surface area contributed by atoms with E-state index in [0.717, 1.165) is 6.07 Å². The second-order valence-corrected chi connectivity index (χ2v) is 8.46. The predicted molar refractivity (Wildman–Crippen MR) is 101 cm³/mol. The molecule has 29 heavy (non-hydrogen) atoms. The lowest BCUT2D eigenvalue weighted by atomic mass is 9.98. The van der Waals surface area contributed by atoms with Crippen LogP contribution in [0.5, 0.6) is 5.75 Å². The van der Waals surface area contributed by atoms with Gasteiger partial charge in [-0.2, -0.15) is 4.31 Å². The lowest BCUT2D eigenvalue weighted by Gasteiger charge is -2.30. The summed E-state index contributed by atoms with van der Waals surface area (Å²) in [6, 6.07) is 11.1. The van der Waals surface area contributed by atoms with Gasteiger partial charge in [0.1, 0.15) is 23.9 Å². The second-order valence-electron chi connectivity index (χ2n) is 6.56. The molecule has 0 N–H and O–H groups in total. The smallest absolute Gasteiger partial charge is 0.309 e. The number of para-hydroxylation sites is 1. The highest BCUT2D eigenvalue weighted by molar-refractivity contribution is 7.89. The summed E-state index contributed by atoms with van der Waals surface area (Å²) in [6.07, 6.45) is 0.557. The molecule has 0 bridgehead atoms. The van der Waals surface area contributed by atoms with Crippen molar-refractivity contribution in [1.82, 2.24) is 4.31 Å². The molecule has 0 atom stereocenters. The lowest BCUT2D eigenvalue weighted by molar-refractivity contribution is -0.150. The average Bonchev–Trinajstić information content (AvgIpc) is 2.72. The van der Waals surface area contributed by atoms with E-state index in [9.17, 15) is 22.0 Å². The lowest BCUT2D eigenvalue weighted by Crippen LogP contribution is -2.41. The van der Waals surface area contributed by atoms with E-state index < -0.39 is 33.5 Å². The molecule has 2 aromatic rings. The van der Waals surface area contributed by atoms with Crippen LogP contribution in [0.4, 0.5) is 8.78 Å². The van der Waals surface area contributed by atoms with Crippen LogP contribution in [0.3, 0.4) is 0 Å². The first kappa shape index (κ1) is 21.2. The van der Waals surface area contributed by atoms with Crippen molar-refractivity contribution >= 4 is 16.0 Å². The number of benzene rings is 2. The minimum atomic E-state index is -3.95. The van der Waals surface area contributed by atoms with Gasteiger partial charge in [-0.25, -0.2) is 17.2 Å². The Morgan fingerprint density at radius 2 is 1.59 bits per heavy atom. The van der Waals surface area contributed by atoms with Gasteiger partial charge in [-0.05, 0) is 37.1 Å². The topological polar surface area (TPSA) is 72.9 Å². The van der Waals surface area contributed by atoms with Crippen LogP contribution in [-0.2, 0) is 19.6 Å². The molecule has 156 valence electrons. The Hall–Kier alpha value is -2.52. The number of rotatable bonds is 7. The van der Waals surface area contributed by atoms with E-state index in [-0.39, 0.29) is 49.8 Å². The molecule has 0 aromatic heterocycles. The van der Waals surface area contributed by atoms with Crippen LogP contribution >= 0.6 is 0 Å². The van der Waals surface area contributed by atoms with Gasteiger partial charge < -0.3 is 9.47 Å². The van der Waals surface area contributed by atoms with Crippen LogP contribution in [0.1, 0.15) is 12.8 Å². The normalized spacial score (nSPS) is 15.8. The molecule has 0 radical (unpaired) electrons. The van der Waals surface area contributed by atoms with E-state index in [2.05, 4.69) is 0 Å². The maximum Gasteiger partial charge on any atom is 0.309 e. The fraction of sp³-hybridized carbons (Fsp3) is 0.350. The summed E-state index contributed by atoms with van der Waals surface area (Å²) in [5, 5.41) is 0. The quantitative estimate of drug-likeness (QED) is 0.504. The number of sulfonamides is 1. The Labute approximate surface area is 168 Å². The van der Waals surface area contributed by atoms with Crippen molar-refractivity contribution in [3.05, 3.63) is 60.2 Å². The second kappa shape index (κ2) is 9.32. The Kier molecular flexibility index (Phi) is 6.81. The maximum absolute atomic E-state index is 13.9. The van der Waals surface area contributed by atoms with Gasteiger partial charge in [-0.15, -0.1) is 0 Å². The van der Waals surface area contributed by atoms with Gasteiger partial charge in [0, 0.05) is 13.1 Å². The summed E-state index contributed by atoms with van der Waals surface area (Å²) in [7, 11) is -3.95. The molecule has 1 heterocycles. The molecule has 0 saturated carbocycles. The molecule has 2 aromatic carbocycles. The first-order chi connectivity index (χ1) is 13.9. The summed E-state index contributed by atoms with van der Waals surface area (Å²) >= 11 is 0. The molecule has 0 spiro atoms. The summed E-state index contributed by atoms with van der Waals surface area (Å²) in [6.45, 7) is 0.165. The third-order valence-corrected chi connectivity index (χ3v) is 6.60. The highest BCUT2D eigenvalue weighted by atomic mass is 32.2. The van der Waals surface area contributed by atoms with Crippen LogP contribution in [0.15, 0.2) is 53.4 Å². The van der Waals surface area contributed by atoms with Crippen LogP contribution < -0.4 is 4.74 Å². The van der Waals surface area contributed by atoms with Gasteiger partial charge in [0.05, 0.1) is 5.92 Å². The molecule has 6 nitrogen and oxygen atoms in total. The van der Waals surface area contributed by atoms with E-state index in [1.54, 1.807) is 12.1 Å². The molecule has 1 aliphatic heterocycles. The van der Waals surface area contributed by atoms with Gasteiger partial charge in [0.25, 0.3) is 0 Å². The highest BCUT2D eigenvalue weighted by Gasteiger charge is 2.34. The molecular formula is C20H21F2NO5S. The van der Waals surface area contributed by atoms with Gasteiger partial charge in [-0.1, -0.05) is 24.3 Å². The molecule has 3 rings (SSSR count). The average molecular weight is 425 g/mol. The zero-order valence-corrected chi connectivity index (χ0v) is 16.4. The summed E-state index contributed by atoms with van der Waals surface area (Å²) in [4.78, 5) is 11.8. The first-order valence-electron chi connectivity index (χ1n) is 9.18. The number of piperidine rings is 1. The fourth-order valence-electron chi connectivity index (χ4n) is 3.10. The zero-order chi connectivity index (χ0) is 20.9. The highest BCUT2D eigenvalue weighted by Crippen LogP contribution is 2.26. The van der Waals surface area contributed by atoms with Crippen LogP contribution in [0.2, 0.25) is 0 Å². The van der Waals surface area contributed by atoms with Crippen molar-refractivity contribution in [1.29, 1.82) is 0 Å². The van der Waals surface area contributed by atoms with Gasteiger partial charge in [0.15, 0.2) is 11.6 Å². The number of nitrogens with zero attached hydrogens (tertiary/aromatic N) is 1. The van der Waals surface area contributed by atoms with E-state index in [1.165, 1.54) is 34.6 Å². The van der Waals surface area contributed by atoms with Gasteiger partial charge >= 0.3 is 5.97 Å². The molecule has 1 aliphatic rings. The van der Waals surface area contributed by atoms with Crippen molar-refractivity contribution in [2.75, 3.05) is 26.3 Å². The Morgan fingerprint density at radius 1 is 0.966 bits per heavy atom. The van der Waals surface area contributed by atoms with E-state index >= 15 is 0 Å². The largest absolute Gasteiger partial charge is 0.487 e. The van der Waals surface area contributed by atoms with Crippen molar-refractivity contribution in [3.63, 3.8) is 0 Å². The third kappa shape index (κ3) is 5.10. The molecule has 1 saturated heterocycles. The Balaban J connectivity index is 1.46. The number of hydrogen-bond donors (Lipinski definition) is 0. The zero-order valence-electron chi connectivity index (χ0n) is 15.6. The number of halogens is 2. The maximum atomic E-state index is 13.9. The van der Waals surface area contributed by atoms with Crippen molar-refractivity contribution in [2.24, 2.45) is 5.92 Å². The van der Waals surface area contributed by atoms with Gasteiger partial charge in [0.2, 0.25) is 10.0 Å². The monoisotopic (exact) mass is 425 g/mol. The standard InChI is InChI=1S/C20H21F2NO5S/c21-16-5-1-3-7-18(16)27-13-14-28-20(24)15-9-11-23(12-10-15)29(25,26)19-8-4-2-6-17(19)22/h1-8,15H,9-14H2. The van der Waals surface area contributed by atoms with Crippen molar-refractivity contribution in [2.45, 2.75) is 17.7 Å².